The number of hydrogen-bond donors (Lipinski definition) is 2. The Morgan fingerprint density at radius 3 is 2.15 bits per heavy atom. The van der Waals surface area contributed by atoms with Crippen molar-refractivity contribution in [3.8, 4) is 0 Å². The Kier molecular flexibility index (Phi) is 12.2. The molecule has 0 aliphatic rings. The van der Waals surface area contributed by atoms with E-state index in [9.17, 15) is 14.4 Å². The number of quaternary nitrogens is 1. The van der Waals surface area contributed by atoms with E-state index < -0.39 is 11.9 Å². The Morgan fingerprint density at radius 2 is 1.67 bits per heavy atom. The number of carboxylic acid groups (broad SMARTS) is 1. The molecule has 0 fully saturated rings. The summed E-state index contributed by atoms with van der Waals surface area (Å²) in [6.07, 6.45) is 1.70. The number of aromatic carboxylic acids is 1. The van der Waals surface area contributed by atoms with Crippen LogP contribution in [0.2, 0.25) is 0 Å². The predicted molar refractivity (Wildman–Crippen MR) is 102 cm³/mol. The Bertz CT molecular complexity index is 639. The minimum Gasteiger partial charge on any atom is -0.478 e. The van der Waals surface area contributed by atoms with Gasteiger partial charge in [0.05, 0.1) is 31.8 Å². The van der Waals surface area contributed by atoms with E-state index in [0.29, 0.717) is 18.8 Å². The van der Waals surface area contributed by atoms with Gasteiger partial charge in [-0.05, 0) is 25.5 Å². The SMILES string of the molecule is C=C(C)C(=O)OCC[NH+](C)C.CCCCOC(=O)c1ccccc1C(=O)O. The second kappa shape index (κ2) is 13.5. The predicted octanol–water partition coefficient (Wildman–Crippen LogP) is 1.59. The molecule has 1 rings (SSSR count). The third kappa shape index (κ3) is 10.8. The zero-order valence-corrected chi connectivity index (χ0v) is 16.5. The van der Waals surface area contributed by atoms with Crippen LogP contribution >= 0.6 is 0 Å². The number of carbonyl (C=O) groups is 3. The second-order valence-corrected chi connectivity index (χ2v) is 6.21. The van der Waals surface area contributed by atoms with E-state index in [0.717, 1.165) is 19.4 Å². The molecule has 0 heterocycles. The number of ether oxygens (including phenoxy) is 2. The van der Waals surface area contributed by atoms with Crippen LogP contribution in [0.15, 0.2) is 36.4 Å². The van der Waals surface area contributed by atoms with Crippen LogP contribution in [0, 0.1) is 0 Å². The van der Waals surface area contributed by atoms with Gasteiger partial charge in [-0.2, -0.15) is 0 Å². The van der Waals surface area contributed by atoms with Gasteiger partial charge in [0, 0.05) is 5.57 Å². The summed E-state index contributed by atoms with van der Waals surface area (Å²) >= 11 is 0. The molecule has 0 radical (unpaired) electrons. The van der Waals surface area contributed by atoms with E-state index >= 15 is 0 Å². The van der Waals surface area contributed by atoms with Crippen molar-refractivity contribution < 1.29 is 33.9 Å². The lowest BCUT2D eigenvalue weighted by Crippen LogP contribution is -3.06. The fourth-order valence-corrected chi connectivity index (χ4v) is 1.71. The third-order valence-electron chi connectivity index (χ3n) is 3.29. The van der Waals surface area contributed by atoms with E-state index in [1.54, 1.807) is 19.1 Å². The fourth-order valence-electron chi connectivity index (χ4n) is 1.71. The Morgan fingerprint density at radius 1 is 1.07 bits per heavy atom. The smallest absolute Gasteiger partial charge is 0.339 e. The summed E-state index contributed by atoms with van der Waals surface area (Å²) in [6, 6.07) is 6.03. The average Bonchev–Trinajstić information content (AvgIpc) is 2.61. The first-order chi connectivity index (χ1) is 12.7. The van der Waals surface area contributed by atoms with Crippen LogP contribution in [-0.4, -0.2) is 56.9 Å². The average molecular weight is 380 g/mol. The topological polar surface area (TPSA) is 94.3 Å². The van der Waals surface area contributed by atoms with Gasteiger partial charge < -0.3 is 19.5 Å². The molecule has 0 atom stereocenters. The number of nitrogens with one attached hydrogen (secondary N) is 1. The molecule has 7 heteroatoms. The van der Waals surface area contributed by atoms with Crippen LogP contribution in [0.3, 0.4) is 0 Å². The highest BCUT2D eigenvalue weighted by molar-refractivity contribution is 6.02. The van der Waals surface area contributed by atoms with Crippen LogP contribution < -0.4 is 4.90 Å². The highest BCUT2D eigenvalue weighted by Crippen LogP contribution is 2.10. The summed E-state index contributed by atoms with van der Waals surface area (Å²) < 4.78 is 9.81. The van der Waals surface area contributed by atoms with Gasteiger partial charge in [0.2, 0.25) is 0 Å². The van der Waals surface area contributed by atoms with Crippen molar-refractivity contribution in [2.45, 2.75) is 26.7 Å². The van der Waals surface area contributed by atoms with Gasteiger partial charge in [0.15, 0.2) is 0 Å². The van der Waals surface area contributed by atoms with Gasteiger partial charge in [-0.25, -0.2) is 14.4 Å². The van der Waals surface area contributed by atoms with Gasteiger partial charge in [-0.15, -0.1) is 0 Å². The van der Waals surface area contributed by atoms with Crippen LogP contribution in [0.1, 0.15) is 47.4 Å². The van der Waals surface area contributed by atoms with Gasteiger partial charge in [-0.3, -0.25) is 0 Å². The van der Waals surface area contributed by atoms with E-state index in [-0.39, 0.29) is 17.1 Å². The molecule has 0 aromatic heterocycles. The lowest BCUT2D eigenvalue weighted by atomic mass is 10.1. The number of esters is 2. The minimum absolute atomic E-state index is 0.0241. The zero-order chi connectivity index (χ0) is 20.8. The summed E-state index contributed by atoms with van der Waals surface area (Å²) in [4.78, 5) is 34.5. The number of benzene rings is 1. The molecule has 150 valence electrons. The maximum absolute atomic E-state index is 11.6. The van der Waals surface area contributed by atoms with Crippen LogP contribution in [0.25, 0.3) is 0 Å². The first-order valence-corrected chi connectivity index (χ1v) is 8.81. The Labute approximate surface area is 160 Å². The molecule has 0 amide bonds. The molecule has 27 heavy (non-hydrogen) atoms. The maximum atomic E-state index is 11.6. The number of unbranched alkanes of at least 4 members (excludes halogenated alkanes) is 1. The molecule has 0 unspecified atom stereocenters. The first kappa shape index (κ1) is 24.3. The van der Waals surface area contributed by atoms with Gasteiger partial charge >= 0.3 is 17.9 Å². The summed E-state index contributed by atoms with van der Waals surface area (Å²) in [5.41, 5.74) is 0.536. The van der Waals surface area contributed by atoms with Crippen molar-refractivity contribution in [2.75, 3.05) is 33.9 Å². The van der Waals surface area contributed by atoms with Crippen LogP contribution in [0.4, 0.5) is 0 Å². The number of hydrogen-bond acceptors (Lipinski definition) is 5. The zero-order valence-electron chi connectivity index (χ0n) is 16.5. The van der Waals surface area contributed by atoms with Crippen LogP contribution in [-0.2, 0) is 14.3 Å². The quantitative estimate of drug-likeness (QED) is 0.384. The second-order valence-electron chi connectivity index (χ2n) is 6.21. The maximum Gasteiger partial charge on any atom is 0.339 e. The third-order valence-corrected chi connectivity index (χ3v) is 3.29. The van der Waals surface area contributed by atoms with Gasteiger partial charge in [0.1, 0.15) is 13.2 Å². The van der Waals surface area contributed by atoms with Crippen molar-refractivity contribution in [1.29, 1.82) is 0 Å². The molecule has 0 spiro atoms. The highest BCUT2D eigenvalue weighted by Gasteiger charge is 2.16. The van der Waals surface area contributed by atoms with Gasteiger partial charge in [0.25, 0.3) is 0 Å². The van der Waals surface area contributed by atoms with Crippen molar-refractivity contribution in [3.63, 3.8) is 0 Å². The normalized spacial score (nSPS) is 9.81. The summed E-state index contributed by atoms with van der Waals surface area (Å²) in [7, 11) is 4.02. The fraction of sp³-hybridized carbons (Fsp3) is 0.450. The standard InChI is InChI=1S/C12H14O4.C8H15NO2/c1-2-3-8-16-12(15)10-7-5-4-6-9(10)11(13)14;1-7(2)8(10)11-6-5-9(3)4/h4-7H,2-3,8H2,1H3,(H,13,14);1,5-6H2,2-4H3/p+1. The molecular weight excluding hydrogens is 350 g/mol. The summed E-state index contributed by atoms with van der Waals surface area (Å²) in [5, 5.41) is 8.88. The molecular formula is C20H30NO6+. The van der Waals surface area contributed by atoms with Crippen molar-refractivity contribution >= 4 is 17.9 Å². The highest BCUT2D eigenvalue weighted by atomic mass is 16.5. The molecule has 2 N–H and O–H groups in total. The number of carbonyl (C=O) groups excluding carboxylic acids is 2. The molecule has 0 bridgehead atoms. The van der Waals surface area contributed by atoms with E-state index in [1.807, 2.05) is 21.0 Å². The van der Waals surface area contributed by atoms with Gasteiger partial charge in [-0.1, -0.05) is 32.1 Å². The summed E-state index contributed by atoms with van der Waals surface area (Å²) in [5.74, 6) is -2.00. The molecule has 0 aliphatic carbocycles. The summed E-state index contributed by atoms with van der Waals surface area (Å²) in [6.45, 7) is 8.72. The Hall–Kier alpha value is -2.67. The van der Waals surface area contributed by atoms with Crippen molar-refractivity contribution in [2.24, 2.45) is 0 Å². The largest absolute Gasteiger partial charge is 0.478 e. The molecule has 0 saturated heterocycles. The monoisotopic (exact) mass is 380 g/mol. The van der Waals surface area contributed by atoms with E-state index in [1.165, 1.54) is 17.0 Å². The molecule has 7 nitrogen and oxygen atoms in total. The number of carboxylic acids is 1. The molecule has 0 aliphatic heterocycles. The minimum atomic E-state index is -1.12. The first-order valence-electron chi connectivity index (χ1n) is 8.81. The van der Waals surface area contributed by atoms with Crippen molar-refractivity contribution in [1.82, 2.24) is 0 Å². The van der Waals surface area contributed by atoms with E-state index in [2.05, 4.69) is 6.58 Å². The lowest BCUT2D eigenvalue weighted by molar-refractivity contribution is -0.858. The number of likely N-dealkylation sites (N-methyl/N-ethyl adjacent to an activating group) is 1. The number of rotatable bonds is 9. The lowest BCUT2D eigenvalue weighted by Gasteiger charge is -2.07. The van der Waals surface area contributed by atoms with Crippen molar-refractivity contribution in [3.05, 3.63) is 47.5 Å². The molecule has 1 aromatic carbocycles. The van der Waals surface area contributed by atoms with Crippen LogP contribution in [0.5, 0.6) is 0 Å². The molecule has 1 aromatic rings. The van der Waals surface area contributed by atoms with E-state index in [4.69, 9.17) is 14.6 Å². The molecule has 0 saturated carbocycles. The Balaban J connectivity index is 0.000000541.